The van der Waals surface area contributed by atoms with Gasteiger partial charge in [0.05, 0.1) is 19.8 Å². The number of carbonyl (C=O) groups is 1. The van der Waals surface area contributed by atoms with Crippen molar-refractivity contribution >= 4 is 5.91 Å². The van der Waals surface area contributed by atoms with Crippen LogP contribution in [0.1, 0.15) is 6.42 Å². The van der Waals surface area contributed by atoms with E-state index in [9.17, 15) is 4.79 Å². The number of hydrogen-bond donors (Lipinski definition) is 1. The van der Waals surface area contributed by atoms with Gasteiger partial charge in [-0.3, -0.25) is 4.79 Å². The summed E-state index contributed by atoms with van der Waals surface area (Å²) < 4.78 is 10.6. The summed E-state index contributed by atoms with van der Waals surface area (Å²) >= 11 is 0. The van der Waals surface area contributed by atoms with Gasteiger partial charge in [0.1, 0.15) is 0 Å². The molecule has 5 heteroatoms. The van der Waals surface area contributed by atoms with Crippen molar-refractivity contribution in [3.05, 3.63) is 0 Å². The molecule has 1 amide bonds. The Labute approximate surface area is 89.5 Å². The van der Waals surface area contributed by atoms with Crippen LogP contribution >= 0.6 is 0 Å². The first-order valence-electron chi connectivity index (χ1n) is 5.49. The number of rotatable bonds is 2. The van der Waals surface area contributed by atoms with Crippen molar-refractivity contribution in [1.29, 1.82) is 0 Å². The van der Waals surface area contributed by atoms with Gasteiger partial charge in [0.2, 0.25) is 0 Å². The molecule has 0 bridgehead atoms. The Morgan fingerprint density at radius 3 is 2.93 bits per heavy atom. The van der Waals surface area contributed by atoms with Gasteiger partial charge < -0.3 is 20.1 Å². The van der Waals surface area contributed by atoms with Crippen LogP contribution in [-0.2, 0) is 14.3 Å². The summed E-state index contributed by atoms with van der Waals surface area (Å²) in [5.41, 5.74) is 5.58. The predicted molar refractivity (Wildman–Crippen MR) is 54.3 cm³/mol. The molecule has 0 radical (unpaired) electrons. The average Bonchev–Trinajstić information content (AvgIpc) is 2.78. The summed E-state index contributed by atoms with van der Waals surface area (Å²) in [7, 11) is 0. The lowest BCUT2D eigenvalue weighted by Crippen LogP contribution is -2.44. The summed E-state index contributed by atoms with van der Waals surface area (Å²) in [6.45, 7) is 3.74. The van der Waals surface area contributed by atoms with Gasteiger partial charge >= 0.3 is 0 Å². The van der Waals surface area contributed by atoms with Crippen molar-refractivity contribution < 1.29 is 14.3 Å². The van der Waals surface area contributed by atoms with Gasteiger partial charge in [-0.15, -0.1) is 0 Å². The summed E-state index contributed by atoms with van der Waals surface area (Å²) in [5, 5.41) is 0. The summed E-state index contributed by atoms with van der Waals surface area (Å²) in [6.07, 6.45) is 0.616. The number of nitrogens with two attached hydrogens (primary N) is 1. The molecule has 2 unspecified atom stereocenters. The molecule has 86 valence electrons. The molecule has 2 fully saturated rings. The van der Waals surface area contributed by atoms with E-state index in [0.717, 1.165) is 19.5 Å². The van der Waals surface area contributed by atoms with Gasteiger partial charge in [0.15, 0.2) is 6.10 Å². The van der Waals surface area contributed by atoms with Crippen molar-refractivity contribution in [2.75, 3.05) is 39.5 Å². The molecular weight excluding hydrogens is 196 g/mol. The lowest BCUT2D eigenvalue weighted by Gasteiger charge is -2.26. The molecule has 0 spiro atoms. The highest BCUT2D eigenvalue weighted by atomic mass is 16.6. The Balaban J connectivity index is 1.85. The van der Waals surface area contributed by atoms with Gasteiger partial charge in [-0.25, -0.2) is 0 Å². The van der Waals surface area contributed by atoms with E-state index in [2.05, 4.69) is 0 Å². The Hall–Kier alpha value is -0.650. The summed E-state index contributed by atoms with van der Waals surface area (Å²) in [5.74, 6) is 0.518. The Kier molecular flexibility index (Phi) is 3.56. The maximum Gasteiger partial charge on any atom is 0.254 e. The number of likely N-dealkylation sites (tertiary alicyclic amines) is 1. The largest absolute Gasteiger partial charge is 0.376 e. The minimum Gasteiger partial charge on any atom is -0.376 e. The van der Waals surface area contributed by atoms with Crippen molar-refractivity contribution in [2.45, 2.75) is 12.5 Å². The molecule has 0 aromatic rings. The number of amides is 1. The first-order valence-corrected chi connectivity index (χ1v) is 5.49. The quantitative estimate of drug-likeness (QED) is 0.654. The van der Waals surface area contributed by atoms with E-state index in [1.165, 1.54) is 0 Å². The minimum absolute atomic E-state index is 0.0608. The number of nitrogens with zero attached hydrogens (tertiary/aromatic N) is 1. The zero-order valence-corrected chi connectivity index (χ0v) is 8.85. The predicted octanol–water partition coefficient (Wildman–Crippen LogP) is -0.791. The standard InChI is InChI=1S/C10H18N2O3/c11-5-8-1-2-12(6-8)10(13)9-7-14-3-4-15-9/h8-9H,1-7,11H2. The zero-order chi connectivity index (χ0) is 10.7. The van der Waals surface area contributed by atoms with Gasteiger partial charge in [-0.05, 0) is 18.9 Å². The van der Waals surface area contributed by atoms with Crippen molar-refractivity contribution in [3.63, 3.8) is 0 Å². The lowest BCUT2D eigenvalue weighted by atomic mass is 10.1. The molecule has 2 rings (SSSR count). The molecule has 2 saturated heterocycles. The monoisotopic (exact) mass is 214 g/mol. The highest BCUT2D eigenvalue weighted by molar-refractivity contribution is 5.81. The Morgan fingerprint density at radius 1 is 1.47 bits per heavy atom. The first-order chi connectivity index (χ1) is 7.31. The third-order valence-corrected chi connectivity index (χ3v) is 3.02. The first kappa shape index (κ1) is 10.9. The van der Waals surface area contributed by atoms with E-state index in [1.54, 1.807) is 0 Å². The Bertz CT molecular complexity index is 229. The molecule has 0 aromatic heterocycles. The second-order valence-corrected chi connectivity index (χ2v) is 4.11. The number of carbonyl (C=O) groups excluding carboxylic acids is 1. The fourth-order valence-electron chi connectivity index (χ4n) is 2.06. The summed E-state index contributed by atoms with van der Waals surface area (Å²) in [4.78, 5) is 13.8. The van der Waals surface area contributed by atoms with Crippen molar-refractivity contribution in [3.8, 4) is 0 Å². The molecule has 5 nitrogen and oxygen atoms in total. The van der Waals surface area contributed by atoms with Crippen LogP contribution in [0.5, 0.6) is 0 Å². The van der Waals surface area contributed by atoms with E-state index in [1.807, 2.05) is 4.90 Å². The van der Waals surface area contributed by atoms with Crippen molar-refractivity contribution in [1.82, 2.24) is 4.90 Å². The maximum absolute atomic E-state index is 11.9. The van der Waals surface area contributed by atoms with Crippen LogP contribution in [0.4, 0.5) is 0 Å². The van der Waals surface area contributed by atoms with E-state index in [-0.39, 0.29) is 5.91 Å². The van der Waals surface area contributed by atoms with Crippen LogP contribution < -0.4 is 5.73 Å². The third-order valence-electron chi connectivity index (χ3n) is 3.02. The lowest BCUT2D eigenvalue weighted by molar-refractivity contribution is -0.157. The van der Waals surface area contributed by atoms with E-state index in [4.69, 9.17) is 15.2 Å². The Morgan fingerprint density at radius 2 is 2.33 bits per heavy atom. The molecule has 2 aliphatic rings. The van der Waals surface area contributed by atoms with Crippen LogP contribution in [0, 0.1) is 5.92 Å². The van der Waals surface area contributed by atoms with Crippen LogP contribution in [0.25, 0.3) is 0 Å². The minimum atomic E-state index is -0.393. The second kappa shape index (κ2) is 4.92. The van der Waals surface area contributed by atoms with Gasteiger partial charge in [-0.1, -0.05) is 0 Å². The van der Waals surface area contributed by atoms with Crippen LogP contribution in [-0.4, -0.2) is 56.4 Å². The fourth-order valence-corrected chi connectivity index (χ4v) is 2.06. The highest BCUT2D eigenvalue weighted by Gasteiger charge is 2.32. The maximum atomic E-state index is 11.9. The smallest absolute Gasteiger partial charge is 0.254 e. The van der Waals surface area contributed by atoms with Gasteiger partial charge in [-0.2, -0.15) is 0 Å². The molecule has 0 saturated carbocycles. The van der Waals surface area contributed by atoms with Gasteiger partial charge in [0, 0.05) is 13.1 Å². The molecule has 15 heavy (non-hydrogen) atoms. The van der Waals surface area contributed by atoms with E-state index in [0.29, 0.717) is 32.3 Å². The average molecular weight is 214 g/mol. The van der Waals surface area contributed by atoms with E-state index >= 15 is 0 Å². The van der Waals surface area contributed by atoms with Crippen LogP contribution in [0.15, 0.2) is 0 Å². The number of ether oxygens (including phenoxy) is 2. The molecule has 0 aliphatic carbocycles. The second-order valence-electron chi connectivity index (χ2n) is 4.11. The molecular formula is C10H18N2O3. The summed E-state index contributed by atoms with van der Waals surface area (Å²) in [6, 6.07) is 0. The van der Waals surface area contributed by atoms with Gasteiger partial charge in [0.25, 0.3) is 5.91 Å². The molecule has 2 aliphatic heterocycles. The zero-order valence-electron chi connectivity index (χ0n) is 8.85. The normalized spacial score (nSPS) is 31.9. The van der Waals surface area contributed by atoms with Crippen LogP contribution in [0.3, 0.4) is 0 Å². The molecule has 2 heterocycles. The highest BCUT2D eigenvalue weighted by Crippen LogP contribution is 2.17. The molecule has 2 N–H and O–H groups in total. The fraction of sp³-hybridized carbons (Fsp3) is 0.900. The third kappa shape index (κ3) is 2.48. The van der Waals surface area contributed by atoms with Crippen molar-refractivity contribution in [2.24, 2.45) is 11.7 Å². The molecule has 0 aromatic carbocycles. The van der Waals surface area contributed by atoms with Crippen LogP contribution in [0.2, 0.25) is 0 Å². The SMILES string of the molecule is NCC1CCN(C(=O)C2COCCO2)C1. The molecule has 2 atom stereocenters. The van der Waals surface area contributed by atoms with E-state index < -0.39 is 6.10 Å². The number of hydrogen-bond acceptors (Lipinski definition) is 4. The topological polar surface area (TPSA) is 64.8 Å².